The number of piperazine rings is 1. The Bertz CT molecular complexity index is 917. The highest BCUT2D eigenvalue weighted by molar-refractivity contribution is 6.33. The highest BCUT2D eigenvalue weighted by Crippen LogP contribution is 2.29. The van der Waals surface area contributed by atoms with E-state index in [4.69, 9.17) is 11.6 Å². The van der Waals surface area contributed by atoms with E-state index in [0.717, 1.165) is 26.2 Å². The summed E-state index contributed by atoms with van der Waals surface area (Å²) in [6.45, 7) is 3.90. The number of anilines is 1. The normalized spacial score (nSPS) is 15.3. The number of benzene rings is 3. The van der Waals surface area contributed by atoms with Gasteiger partial charge in [-0.2, -0.15) is 0 Å². The van der Waals surface area contributed by atoms with Gasteiger partial charge in [0.2, 0.25) is 5.91 Å². The lowest BCUT2D eigenvalue weighted by Crippen LogP contribution is -2.49. The predicted octanol–water partition coefficient (Wildman–Crippen LogP) is 4.69. The monoisotopic (exact) mass is 419 g/mol. The van der Waals surface area contributed by atoms with E-state index in [0.29, 0.717) is 17.3 Å². The van der Waals surface area contributed by atoms with Gasteiger partial charge >= 0.3 is 0 Å². The van der Waals surface area contributed by atoms with Crippen molar-refractivity contribution in [2.24, 2.45) is 0 Å². The molecular formula is C25H26ClN3O. The zero-order valence-electron chi connectivity index (χ0n) is 16.9. The second-order valence-corrected chi connectivity index (χ2v) is 7.97. The Hall–Kier alpha value is -2.66. The van der Waals surface area contributed by atoms with Crippen molar-refractivity contribution in [3.63, 3.8) is 0 Å². The molecular weight excluding hydrogens is 394 g/mol. The Balaban J connectivity index is 1.39. The SMILES string of the molecule is O=C(CN1CCN(C(c2ccccc2)c2ccccc2)CC1)Nc1ccccc1Cl. The van der Waals surface area contributed by atoms with Gasteiger partial charge in [-0.25, -0.2) is 0 Å². The largest absolute Gasteiger partial charge is 0.324 e. The molecule has 0 bridgehead atoms. The van der Waals surface area contributed by atoms with Crippen LogP contribution >= 0.6 is 11.6 Å². The first-order chi connectivity index (χ1) is 14.7. The number of nitrogens with one attached hydrogen (secondary N) is 1. The van der Waals surface area contributed by atoms with Crippen molar-refractivity contribution in [3.05, 3.63) is 101 Å². The van der Waals surface area contributed by atoms with Crippen LogP contribution in [0.3, 0.4) is 0 Å². The molecule has 3 aromatic carbocycles. The molecule has 0 radical (unpaired) electrons. The van der Waals surface area contributed by atoms with Crippen molar-refractivity contribution >= 4 is 23.2 Å². The Labute approximate surface area is 183 Å². The molecule has 0 saturated carbocycles. The third kappa shape index (κ3) is 5.08. The minimum Gasteiger partial charge on any atom is -0.324 e. The lowest BCUT2D eigenvalue weighted by Gasteiger charge is -2.39. The minimum absolute atomic E-state index is 0.0285. The van der Waals surface area contributed by atoms with Gasteiger partial charge in [0.05, 0.1) is 23.3 Å². The summed E-state index contributed by atoms with van der Waals surface area (Å²) >= 11 is 6.15. The quantitative estimate of drug-likeness (QED) is 0.629. The van der Waals surface area contributed by atoms with Crippen LogP contribution in [0.4, 0.5) is 5.69 Å². The topological polar surface area (TPSA) is 35.6 Å². The third-order valence-corrected chi connectivity index (χ3v) is 5.85. The van der Waals surface area contributed by atoms with Crippen molar-refractivity contribution in [2.75, 3.05) is 38.0 Å². The van der Waals surface area contributed by atoms with E-state index in [2.05, 4.69) is 75.8 Å². The molecule has 5 heteroatoms. The van der Waals surface area contributed by atoms with Gasteiger partial charge in [-0.05, 0) is 23.3 Å². The molecule has 4 rings (SSSR count). The van der Waals surface area contributed by atoms with Gasteiger partial charge < -0.3 is 5.32 Å². The van der Waals surface area contributed by atoms with Crippen LogP contribution in [0.2, 0.25) is 5.02 Å². The number of carbonyl (C=O) groups excluding carboxylic acids is 1. The number of carbonyl (C=O) groups is 1. The van der Waals surface area contributed by atoms with Crippen LogP contribution < -0.4 is 5.32 Å². The zero-order valence-corrected chi connectivity index (χ0v) is 17.6. The van der Waals surface area contributed by atoms with E-state index >= 15 is 0 Å². The van der Waals surface area contributed by atoms with Crippen molar-refractivity contribution in [1.82, 2.24) is 9.80 Å². The molecule has 0 aromatic heterocycles. The summed E-state index contributed by atoms with van der Waals surface area (Å²) in [5, 5.41) is 3.48. The van der Waals surface area contributed by atoms with Crippen molar-refractivity contribution in [2.45, 2.75) is 6.04 Å². The summed E-state index contributed by atoms with van der Waals surface area (Å²) in [6, 6.07) is 28.8. The molecule has 1 aliphatic rings. The lowest BCUT2D eigenvalue weighted by molar-refractivity contribution is -0.117. The zero-order chi connectivity index (χ0) is 20.8. The van der Waals surface area contributed by atoms with E-state index in [1.807, 2.05) is 18.2 Å². The van der Waals surface area contributed by atoms with Crippen molar-refractivity contribution < 1.29 is 4.79 Å². The first kappa shape index (κ1) is 20.6. The van der Waals surface area contributed by atoms with E-state index < -0.39 is 0 Å². The Kier molecular flexibility index (Phi) is 6.80. The van der Waals surface area contributed by atoms with E-state index in [9.17, 15) is 4.79 Å². The van der Waals surface area contributed by atoms with E-state index in [-0.39, 0.29) is 11.9 Å². The molecule has 1 N–H and O–H groups in total. The second kappa shape index (κ2) is 9.90. The Morgan fingerprint density at radius 3 is 1.90 bits per heavy atom. The molecule has 0 aliphatic carbocycles. The fourth-order valence-electron chi connectivity index (χ4n) is 4.02. The average molecular weight is 420 g/mol. The van der Waals surface area contributed by atoms with Gasteiger partial charge in [-0.1, -0.05) is 84.4 Å². The van der Waals surface area contributed by atoms with Crippen LogP contribution in [0.15, 0.2) is 84.9 Å². The number of rotatable bonds is 6. The summed E-state index contributed by atoms with van der Waals surface area (Å²) < 4.78 is 0. The number of hydrogen-bond donors (Lipinski definition) is 1. The van der Waals surface area contributed by atoms with Crippen LogP contribution in [-0.2, 0) is 4.79 Å². The average Bonchev–Trinajstić information content (AvgIpc) is 2.78. The highest BCUT2D eigenvalue weighted by atomic mass is 35.5. The maximum Gasteiger partial charge on any atom is 0.238 e. The van der Waals surface area contributed by atoms with Gasteiger partial charge in [0.1, 0.15) is 0 Å². The number of para-hydroxylation sites is 1. The van der Waals surface area contributed by atoms with Gasteiger partial charge in [-0.15, -0.1) is 0 Å². The van der Waals surface area contributed by atoms with Gasteiger partial charge in [-0.3, -0.25) is 14.6 Å². The third-order valence-electron chi connectivity index (χ3n) is 5.52. The second-order valence-electron chi connectivity index (χ2n) is 7.56. The van der Waals surface area contributed by atoms with Crippen LogP contribution in [0, 0.1) is 0 Å². The molecule has 3 aromatic rings. The molecule has 0 spiro atoms. The maximum atomic E-state index is 12.5. The van der Waals surface area contributed by atoms with Crippen LogP contribution in [0.25, 0.3) is 0 Å². The van der Waals surface area contributed by atoms with Gasteiger partial charge in [0, 0.05) is 26.2 Å². The predicted molar refractivity (Wildman–Crippen MR) is 123 cm³/mol. The maximum absolute atomic E-state index is 12.5. The van der Waals surface area contributed by atoms with Crippen LogP contribution in [0.5, 0.6) is 0 Å². The summed E-state index contributed by atoms with van der Waals surface area (Å²) in [5.74, 6) is -0.0285. The number of nitrogens with zero attached hydrogens (tertiary/aromatic N) is 2. The molecule has 1 amide bonds. The Morgan fingerprint density at radius 1 is 0.800 bits per heavy atom. The summed E-state index contributed by atoms with van der Waals surface area (Å²) in [7, 11) is 0. The molecule has 30 heavy (non-hydrogen) atoms. The molecule has 1 aliphatic heterocycles. The molecule has 1 saturated heterocycles. The van der Waals surface area contributed by atoms with Crippen molar-refractivity contribution in [3.8, 4) is 0 Å². The fourth-order valence-corrected chi connectivity index (χ4v) is 4.20. The summed E-state index contributed by atoms with van der Waals surface area (Å²) in [6.07, 6.45) is 0. The Morgan fingerprint density at radius 2 is 1.33 bits per heavy atom. The van der Waals surface area contributed by atoms with Gasteiger partial charge in [0.25, 0.3) is 0 Å². The molecule has 154 valence electrons. The summed E-state index contributed by atoms with van der Waals surface area (Å²) in [5.41, 5.74) is 3.26. The molecule has 1 heterocycles. The molecule has 0 atom stereocenters. The first-order valence-electron chi connectivity index (χ1n) is 10.3. The van der Waals surface area contributed by atoms with Crippen molar-refractivity contribution in [1.29, 1.82) is 0 Å². The number of hydrogen-bond acceptors (Lipinski definition) is 3. The minimum atomic E-state index is -0.0285. The van der Waals surface area contributed by atoms with E-state index in [1.54, 1.807) is 6.07 Å². The smallest absolute Gasteiger partial charge is 0.238 e. The summed E-state index contributed by atoms with van der Waals surface area (Å²) in [4.78, 5) is 17.2. The number of amides is 1. The highest BCUT2D eigenvalue weighted by Gasteiger charge is 2.27. The molecule has 0 unspecified atom stereocenters. The lowest BCUT2D eigenvalue weighted by atomic mass is 9.96. The number of halogens is 1. The van der Waals surface area contributed by atoms with E-state index in [1.165, 1.54) is 11.1 Å². The molecule has 4 nitrogen and oxygen atoms in total. The van der Waals surface area contributed by atoms with Crippen LogP contribution in [-0.4, -0.2) is 48.4 Å². The molecule has 1 fully saturated rings. The van der Waals surface area contributed by atoms with Gasteiger partial charge in [0.15, 0.2) is 0 Å². The van der Waals surface area contributed by atoms with Crippen LogP contribution in [0.1, 0.15) is 17.2 Å². The fraction of sp³-hybridized carbons (Fsp3) is 0.240. The first-order valence-corrected chi connectivity index (χ1v) is 10.7. The standard InChI is InChI=1S/C25H26ClN3O/c26-22-13-7-8-14-23(22)27-24(30)19-28-15-17-29(18-16-28)25(20-9-3-1-4-10-20)21-11-5-2-6-12-21/h1-14,25H,15-19H2,(H,27,30).